The van der Waals surface area contributed by atoms with Gasteiger partial charge in [0.15, 0.2) is 5.82 Å². The zero-order valence-electron chi connectivity index (χ0n) is 7.65. The maximum absolute atomic E-state index is 5.44. The number of rotatable bonds is 1. The molecule has 7 nitrogen and oxygen atoms in total. The number of nitrogens with two attached hydrogens (primary N) is 1. The molecule has 7 heteroatoms. The Kier molecular flexibility index (Phi) is 1.46. The Bertz CT molecular complexity index is 608. The maximum Gasteiger partial charge on any atom is 0.239 e. The summed E-state index contributed by atoms with van der Waals surface area (Å²) in [6.45, 7) is 0. The number of hydrogen-bond acceptors (Lipinski definition) is 5. The van der Waals surface area contributed by atoms with Crippen molar-refractivity contribution in [1.29, 1.82) is 0 Å². The smallest absolute Gasteiger partial charge is 0.239 e. The maximum atomic E-state index is 5.44. The minimum Gasteiger partial charge on any atom is -0.366 e. The molecule has 3 heterocycles. The first kappa shape index (κ1) is 7.92. The third-order valence-corrected chi connectivity index (χ3v) is 2.03. The number of aromatic nitrogens is 6. The first-order valence-electron chi connectivity index (χ1n) is 4.30. The molecule has 3 aromatic rings. The van der Waals surface area contributed by atoms with Crippen LogP contribution in [0.3, 0.4) is 0 Å². The van der Waals surface area contributed by atoms with Gasteiger partial charge in [-0.1, -0.05) is 0 Å². The summed E-state index contributed by atoms with van der Waals surface area (Å²) >= 11 is 0. The van der Waals surface area contributed by atoms with Crippen LogP contribution in [0.1, 0.15) is 0 Å². The van der Waals surface area contributed by atoms with Crippen LogP contribution < -0.4 is 5.73 Å². The van der Waals surface area contributed by atoms with Crippen LogP contribution >= 0.6 is 0 Å². The molecule has 2 N–H and O–H groups in total. The van der Waals surface area contributed by atoms with E-state index in [0.717, 1.165) is 5.52 Å². The summed E-state index contributed by atoms with van der Waals surface area (Å²) in [5.74, 6) is 0.873. The molecule has 0 aliphatic rings. The van der Waals surface area contributed by atoms with Crippen LogP contribution in [0, 0.1) is 0 Å². The van der Waals surface area contributed by atoms with Crippen molar-refractivity contribution in [3.05, 3.63) is 31.0 Å². The summed E-state index contributed by atoms with van der Waals surface area (Å²) in [6.07, 6.45) is 6.62. The van der Waals surface area contributed by atoms with Gasteiger partial charge in [0.05, 0.1) is 6.20 Å². The van der Waals surface area contributed by atoms with Crippen molar-refractivity contribution >= 4 is 11.5 Å². The molecular formula is C8H7N7. The monoisotopic (exact) mass is 201 g/mol. The molecule has 0 saturated carbocycles. The summed E-state index contributed by atoms with van der Waals surface area (Å²) in [4.78, 5) is 8.05. The third kappa shape index (κ3) is 1.13. The van der Waals surface area contributed by atoms with Crippen LogP contribution in [0.25, 0.3) is 11.3 Å². The van der Waals surface area contributed by atoms with Crippen molar-refractivity contribution in [2.75, 3.05) is 5.73 Å². The molecule has 74 valence electrons. The van der Waals surface area contributed by atoms with Crippen molar-refractivity contribution < 1.29 is 0 Å². The predicted molar refractivity (Wildman–Crippen MR) is 52.3 cm³/mol. The highest BCUT2D eigenvalue weighted by molar-refractivity contribution is 5.58. The second-order valence-electron chi connectivity index (χ2n) is 2.96. The second-order valence-corrected chi connectivity index (χ2v) is 2.96. The summed E-state index contributed by atoms with van der Waals surface area (Å²) < 4.78 is 3.23. The Hall–Kier alpha value is -2.44. The van der Waals surface area contributed by atoms with E-state index in [1.165, 1.54) is 11.0 Å². The van der Waals surface area contributed by atoms with Crippen molar-refractivity contribution in [2.24, 2.45) is 0 Å². The van der Waals surface area contributed by atoms with E-state index in [4.69, 9.17) is 5.73 Å². The van der Waals surface area contributed by atoms with E-state index >= 15 is 0 Å². The Morgan fingerprint density at radius 3 is 2.93 bits per heavy atom. The average Bonchev–Trinajstić information content (AvgIpc) is 2.84. The molecule has 0 saturated heterocycles. The minimum atomic E-state index is 0.221. The van der Waals surface area contributed by atoms with E-state index in [1.54, 1.807) is 23.1 Å². The van der Waals surface area contributed by atoms with E-state index in [0.29, 0.717) is 5.82 Å². The molecule has 0 spiro atoms. The van der Waals surface area contributed by atoms with Gasteiger partial charge in [0, 0.05) is 12.4 Å². The molecule has 0 atom stereocenters. The molecule has 3 rings (SSSR count). The molecule has 0 radical (unpaired) electrons. The van der Waals surface area contributed by atoms with Gasteiger partial charge in [-0.05, 0) is 6.07 Å². The fraction of sp³-hybridized carbons (Fsp3) is 0. The summed E-state index contributed by atoms with van der Waals surface area (Å²) in [6, 6.07) is 1.85. The first-order chi connectivity index (χ1) is 7.34. The molecule has 0 amide bonds. The first-order valence-corrected chi connectivity index (χ1v) is 4.30. The highest BCUT2D eigenvalue weighted by Crippen LogP contribution is 2.10. The second kappa shape index (κ2) is 2.77. The third-order valence-electron chi connectivity index (χ3n) is 2.03. The SMILES string of the molecule is Nc1ncn(-c2nccn3nccc23)n1. The molecule has 0 bridgehead atoms. The molecule has 3 aromatic heterocycles. The lowest BCUT2D eigenvalue weighted by Gasteiger charge is -2.00. The van der Waals surface area contributed by atoms with E-state index in [2.05, 4.69) is 20.2 Å². The average molecular weight is 201 g/mol. The number of nitrogen functional groups attached to an aromatic ring is 1. The number of fused-ring (bicyclic) bond motifs is 1. The quantitative estimate of drug-likeness (QED) is 0.593. The van der Waals surface area contributed by atoms with E-state index < -0.39 is 0 Å². The van der Waals surface area contributed by atoms with E-state index in [1.807, 2.05) is 6.07 Å². The standard InChI is InChI=1S/C8H7N7/c9-8-11-5-15(13-8)7-6-1-2-12-14(6)4-3-10-7/h1-5H,(H2,9,13). The minimum absolute atomic E-state index is 0.221. The van der Waals surface area contributed by atoms with Crippen LogP contribution in [-0.4, -0.2) is 29.4 Å². The van der Waals surface area contributed by atoms with Crippen LogP contribution in [-0.2, 0) is 0 Å². The summed E-state index contributed by atoms with van der Waals surface area (Å²) in [5, 5.41) is 8.09. The molecule has 0 unspecified atom stereocenters. The Morgan fingerprint density at radius 1 is 1.20 bits per heavy atom. The number of anilines is 1. The van der Waals surface area contributed by atoms with Gasteiger partial charge in [-0.15, -0.1) is 5.10 Å². The van der Waals surface area contributed by atoms with Crippen LogP contribution in [0.4, 0.5) is 5.95 Å². The molecule has 0 aliphatic heterocycles. The Morgan fingerprint density at radius 2 is 2.13 bits per heavy atom. The Balaban J connectivity index is 2.30. The number of nitrogens with zero attached hydrogens (tertiary/aromatic N) is 6. The largest absolute Gasteiger partial charge is 0.366 e. The summed E-state index contributed by atoms with van der Waals surface area (Å²) in [5.41, 5.74) is 6.29. The highest BCUT2D eigenvalue weighted by Gasteiger charge is 2.06. The lowest BCUT2D eigenvalue weighted by molar-refractivity contribution is 0.834. The zero-order valence-corrected chi connectivity index (χ0v) is 7.65. The zero-order chi connectivity index (χ0) is 10.3. The van der Waals surface area contributed by atoms with Crippen LogP contribution in [0.15, 0.2) is 31.0 Å². The Labute approximate surface area is 84.2 Å². The van der Waals surface area contributed by atoms with Crippen molar-refractivity contribution in [2.45, 2.75) is 0 Å². The fourth-order valence-corrected chi connectivity index (χ4v) is 1.40. The van der Waals surface area contributed by atoms with E-state index in [9.17, 15) is 0 Å². The van der Waals surface area contributed by atoms with Crippen molar-refractivity contribution in [3.8, 4) is 5.82 Å². The fourth-order valence-electron chi connectivity index (χ4n) is 1.40. The van der Waals surface area contributed by atoms with Crippen LogP contribution in [0.2, 0.25) is 0 Å². The van der Waals surface area contributed by atoms with Gasteiger partial charge in [0.1, 0.15) is 11.8 Å². The van der Waals surface area contributed by atoms with Crippen LogP contribution in [0.5, 0.6) is 0 Å². The number of hydrogen-bond donors (Lipinski definition) is 1. The van der Waals surface area contributed by atoms with Gasteiger partial charge in [0.25, 0.3) is 0 Å². The van der Waals surface area contributed by atoms with Gasteiger partial charge in [0.2, 0.25) is 5.95 Å². The molecule has 0 fully saturated rings. The summed E-state index contributed by atoms with van der Waals surface area (Å²) in [7, 11) is 0. The predicted octanol–water partition coefficient (Wildman–Crippen LogP) is -0.108. The molecule has 0 aliphatic carbocycles. The molecule has 0 aromatic carbocycles. The lowest BCUT2D eigenvalue weighted by atomic mass is 10.5. The van der Waals surface area contributed by atoms with Gasteiger partial charge in [-0.25, -0.2) is 14.5 Å². The van der Waals surface area contributed by atoms with Gasteiger partial charge >= 0.3 is 0 Å². The normalized spacial score (nSPS) is 10.9. The highest BCUT2D eigenvalue weighted by atomic mass is 15.4. The van der Waals surface area contributed by atoms with Crippen molar-refractivity contribution in [3.63, 3.8) is 0 Å². The van der Waals surface area contributed by atoms with E-state index in [-0.39, 0.29) is 5.95 Å². The topological polar surface area (TPSA) is 86.9 Å². The lowest BCUT2D eigenvalue weighted by Crippen LogP contribution is -2.02. The molecular weight excluding hydrogens is 194 g/mol. The molecule has 15 heavy (non-hydrogen) atoms. The van der Waals surface area contributed by atoms with Crippen molar-refractivity contribution in [1.82, 2.24) is 29.4 Å². The van der Waals surface area contributed by atoms with Gasteiger partial charge < -0.3 is 5.73 Å². The van der Waals surface area contributed by atoms with Gasteiger partial charge in [-0.3, -0.25) is 0 Å². The van der Waals surface area contributed by atoms with Gasteiger partial charge in [-0.2, -0.15) is 9.78 Å².